The molecule has 2 aromatic rings. The van der Waals surface area contributed by atoms with Crippen LogP contribution in [-0.2, 0) is 6.54 Å². The van der Waals surface area contributed by atoms with Crippen molar-refractivity contribution in [3.8, 4) is 0 Å². The molecule has 1 N–H and O–H groups in total. The van der Waals surface area contributed by atoms with E-state index < -0.39 is 0 Å². The fourth-order valence-electron chi connectivity index (χ4n) is 3.49. The van der Waals surface area contributed by atoms with Gasteiger partial charge in [0.05, 0.1) is 18.1 Å². The highest BCUT2D eigenvalue weighted by atomic mass is 79.9. The van der Waals surface area contributed by atoms with Crippen molar-refractivity contribution in [1.29, 1.82) is 0 Å². The lowest BCUT2D eigenvalue weighted by molar-refractivity contribution is 0.204. The average molecular weight is 351 g/mol. The number of rotatable bonds is 4. The van der Waals surface area contributed by atoms with E-state index in [0.717, 1.165) is 28.6 Å². The molecule has 1 fully saturated rings. The van der Waals surface area contributed by atoms with Gasteiger partial charge in [0, 0.05) is 18.8 Å². The van der Waals surface area contributed by atoms with Gasteiger partial charge in [0.25, 0.3) is 0 Å². The van der Waals surface area contributed by atoms with Gasteiger partial charge in [-0.3, -0.25) is 4.40 Å². The Morgan fingerprint density at radius 2 is 2.10 bits per heavy atom. The van der Waals surface area contributed by atoms with E-state index in [2.05, 4.69) is 49.5 Å². The third kappa shape index (κ3) is 3.29. The average Bonchev–Trinajstić information content (AvgIpc) is 2.87. The zero-order valence-corrected chi connectivity index (χ0v) is 14.3. The van der Waals surface area contributed by atoms with E-state index in [0.29, 0.717) is 6.04 Å². The fraction of sp³-hybridized carbons (Fsp3) is 0.625. The third-order valence-corrected chi connectivity index (χ3v) is 5.07. The summed E-state index contributed by atoms with van der Waals surface area (Å²) < 4.78 is 2.95. The molecule has 2 heterocycles. The minimum absolute atomic E-state index is 0.634. The molecule has 5 heteroatoms. The summed E-state index contributed by atoms with van der Waals surface area (Å²) in [6.07, 6.45) is 11.1. The van der Waals surface area contributed by atoms with Gasteiger partial charge in [0.15, 0.2) is 5.65 Å². The van der Waals surface area contributed by atoms with Crippen molar-refractivity contribution >= 4 is 21.6 Å². The minimum Gasteiger partial charge on any atom is -0.308 e. The Bertz CT molecular complexity index is 607. The molecular weight excluding hydrogens is 328 g/mol. The van der Waals surface area contributed by atoms with E-state index >= 15 is 0 Å². The van der Waals surface area contributed by atoms with Gasteiger partial charge in [-0.1, -0.05) is 26.7 Å². The Labute approximate surface area is 134 Å². The Morgan fingerprint density at radius 3 is 2.90 bits per heavy atom. The maximum absolute atomic E-state index is 4.42. The summed E-state index contributed by atoms with van der Waals surface area (Å²) in [5, 5.41) is 3.77. The molecule has 0 amide bonds. The second kappa shape index (κ2) is 6.44. The molecule has 2 aromatic heterocycles. The van der Waals surface area contributed by atoms with E-state index in [1.54, 1.807) is 6.20 Å². The van der Waals surface area contributed by atoms with Crippen molar-refractivity contribution in [3.63, 3.8) is 0 Å². The van der Waals surface area contributed by atoms with Crippen LogP contribution in [0, 0.1) is 11.8 Å². The number of imidazole rings is 1. The van der Waals surface area contributed by atoms with Crippen LogP contribution in [0.3, 0.4) is 0 Å². The van der Waals surface area contributed by atoms with Crippen molar-refractivity contribution < 1.29 is 0 Å². The Hall–Kier alpha value is -0.940. The number of fused-ring (bicyclic) bond motifs is 1. The highest BCUT2D eigenvalue weighted by molar-refractivity contribution is 9.10. The van der Waals surface area contributed by atoms with Gasteiger partial charge in [0.2, 0.25) is 0 Å². The van der Waals surface area contributed by atoms with E-state index in [1.807, 2.05) is 12.4 Å². The van der Waals surface area contributed by atoms with E-state index in [4.69, 9.17) is 0 Å². The maximum atomic E-state index is 4.42. The molecule has 0 aromatic carbocycles. The van der Waals surface area contributed by atoms with Gasteiger partial charge >= 0.3 is 0 Å². The largest absolute Gasteiger partial charge is 0.308 e. The first-order chi connectivity index (χ1) is 10.1. The van der Waals surface area contributed by atoms with Crippen LogP contribution >= 0.6 is 15.9 Å². The first-order valence-corrected chi connectivity index (χ1v) is 8.65. The topological polar surface area (TPSA) is 42.2 Å². The summed E-state index contributed by atoms with van der Waals surface area (Å²) in [6.45, 7) is 5.56. The van der Waals surface area contributed by atoms with Gasteiger partial charge < -0.3 is 5.32 Å². The smallest absolute Gasteiger partial charge is 0.155 e. The molecule has 1 saturated carbocycles. The van der Waals surface area contributed by atoms with Crippen molar-refractivity contribution in [1.82, 2.24) is 19.7 Å². The number of aromatic nitrogens is 3. The highest BCUT2D eigenvalue weighted by Gasteiger charge is 2.27. The molecule has 2 atom stereocenters. The molecular formula is C16H23BrN4. The molecule has 2 unspecified atom stereocenters. The van der Waals surface area contributed by atoms with Crippen LogP contribution in [0.25, 0.3) is 5.65 Å². The SMILES string of the molecule is CC(C)C1CCCCC1NCc1cnc2cnc(Br)cn12. The lowest BCUT2D eigenvalue weighted by Gasteiger charge is -2.35. The van der Waals surface area contributed by atoms with E-state index in [9.17, 15) is 0 Å². The second-order valence-electron chi connectivity index (χ2n) is 6.37. The monoisotopic (exact) mass is 350 g/mol. The van der Waals surface area contributed by atoms with E-state index in [-0.39, 0.29) is 0 Å². The van der Waals surface area contributed by atoms with Crippen LogP contribution in [0.1, 0.15) is 45.2 Å². The number of halogens is 1. The number of nitrogens with zero attached hydrogens (tertiary/aromatic N) is 3. The molecule has 0 bridgehead atoms. The predicted octanol–water partition coefficient (Wildman–Crippen LogP) is 3.80. The van der Waals surface area contributed by atoms with Crippen LogP contribution in [-0.4, -0.2) is 20.4 Å². The molecule has 3 rings (SSSR count). The van der Waals surface area contributed by atoms with Crippen molar-refractivity contribution in [3.05, 3.63) is 28.9 Å². The number of hydrogen-bond acceptors (Lipinski definition) is 3. The summed E-state index contributed by atoms with van der Waals surface area (Å²) >= 11 is 3.43. The molecule has 0 saturated heterocycles. The molecule has 0 radical (unpaired) electrons. The summed E-state index contributed by atoms with van der Waals surface area (Å²) in [4.78, 5) is 8.64. The third-order valence-electron chi connectivity index (χ3n) is 4.66. The minimum atomic E-state index is 0.634. The van der Waals surface area contributed by atoms with Crippen LogP contribution in [0.5, 0.6) is 0 Å². The Kier molecular flexibility index (Phi) is 4.60. The molecule has 21 heavy (non-hydrogen) atoms. The Morgan fingerprint density at radius 1 is 1.29 bits per heavy atom. The van der Waals surface area contributed by atoms with Crippen molar-refractivity contribution in [2.75, 3.05) is 0 Å². The molecule has 0 aliphatic heterocycles. The molecule has 1 aliphatic rings. The fourth-order valence-corrected chi connectivity index (χ4v) is 3.80. The highest BCUT2D eigenvalue weighted by Crippen LogP contribution is 2.30. The summed E-state index contributed by atoms with van der Waals surface area (Å²) in [7, 11) is 0. The number of nitrogens with one attached hydrogen (secondary N) is 1. The molecule has 1 aliphatic carbocycles. The van der Waals surface area contributed by atoms with Crippen molar-refractivity contribution in [2.24, 2.45) is 11.8 Å². The number of hydrogen-bond donors (Lipinski definition) is 1. The summed E-state index contributed by atoms with van der Waals surface area (Å²) in [5.74, 6) is 1.55. The van der Waals surface area contributed by atoms with E-state index in [1.165, 1.54) is 31.4 Å². The second-order valence-corrected chi connectivity index (χ2v) is 7.18. The van der Waals surface area contributed by atoms with Gasteiger partial charge in [-0.15, -0.1) is 0 Å². The van der Waals surface area contributed by atoms with Gasteiger partial charge in [0.1, 0.15) is 4.60 Å². The molecule has 4 nitrogen and oxygen atoms in total. The zero-order valence-electron chi connectivity index (χ0n) is 12.7. The molecule has 114 valence electrons. The van der Waals surface area contributed by atoms with Gasteiger partial charge in [-0.2, -0.15) is 0 Å². The first-order valence-electron chi connectivity index (χ1n) is 7.86. The first kappa shape index (κ1) is 15.0. The van der Waals surface area contributed by atoms with Crippen molar-refractivity contribution in [2.45, 2.75) is 52.1 Å². The van der Waals surface area contributed by atoms with Crippen LogP contribution in [0.15, 0.2) is 23.2 Å². The summed E-state index contributed by atoms with van der Waals surface area (Å²) in [6, 6.07) is 0.634. The van der Waals surface area contributed by atoms with Gasteiger partial charge in [-0.25, -0.2) is 9.97 Å². The summed E-state index contributed by atoms with van der Waals surface area (Å²) in [5.41, 5.74) is 2.10. The van der Waals surface area contributed by atoms with Crippen LogP contribution in [0.4, 0.5) is 0 Å². The quantitative estimate of drug-likeness (QED) is 0.911. The normalized spacial score (nSPS) is 23.0. The lowest BCUT2D eigenvalue weighted by Crippen LogP contribution is -2.40. The predicted molar refractivity (Wildman–Crippen MR) is 88.1 cm³/mol. The maximum Gasteiger partial charge on any atom is 0.155 e. The van der Waals surface area contributed by atoms with Crippen LogP contribution in [0.2, 0.25) is 0 Å². The zero-order chi connectivity index (χ0) is 14.8. The van der Waals surface area contributed by atoms with Crippen LogP contribution < -0.4 is 5.32 Å². The van der Waals surface area contributed by atoms with Gasteiger partial charge in [-0.05, 0) is 40.6 Å². The lowest BCUT2D eigenvalue weighted by atomic mass is 9.78. The Balaban J connectivity index is 1.72. The molecule has 0 spiro atoms. The standard InChI is InChI=1S/C16H23BrN4/c1-11(2)13-5-3-4-6-14(13)18-7-12-8-20-16-9-19-15(17)10-21(12)16/h8-11,13-14,18H,3-7H2,1-2H3.